The summed E-state index contributed by atoms with van der Waals surface area (Å²) >= 11 is 5.90. The van der Waals surface area contributed by atoms with Gasteiger partial charge in [0.1, 0.15) is 5.75 Å². The highest BCUT2D eigenvalue weighted by Crippen LogP contribution is 2.17. The van der Waals surface area contributed by atoms with Gasteiger partial charge in [-0.15, -0.1) is 0 Å². The number of halogens is 1. The molecule has 0 unspecified atom stereocenters. The number of fused-ring (bicyclic) bond motifs is 1. The smallest absolute Gasteiger partial charge is 0.203 e. The molecular formula is C23H22ClN3O. The molecule has 1 N–H and O–H groups in total. The normalized spacial score (nSPS) is 11.0. The first-order valence-electron chi connectivity index (χ1n) is 9.37. The molecule has 4 rings (SSSR count). The van der Waals surface area contributed by atoms with Crippen LogP contribution in [0.2, 0.25) is 5.02 Å². The molecule has 0 radical (unpaired) electrons. The summed E-state index contributed by atoms with van der Waals surface area (Å²) in [5.41, 5.74) is 3.86. The molecule has 142 valence electrons. The summed E-state index contributed by atoms with van der Waals surface area (Å²) < 4.78 is 9.92. The predicted molar refractivity (Wildman–Crippen MR) is 113 cm³/mol. The number of hydrogen-bond acceptors (Lipinski definition) is 2. The number of rotatable bonds is 7. The summed E-state index contributed by atoms with van der Waals surface area (Å²) in [5.74, 6) is 0.812. The van der Waals surface area contributed by atoms with E-state index in [0.29, 0.717) is 23.8 Å². The number of para-hydroxylation sites is 2. The van der Waals surface area contributed by atoms with Crippen molar-refractivity contribution >= 4 is 22.6 Å². The average Bonchev–Trinajstić information content (AvgIpc) is 2.99. The Hall–Kier alpha value is -2.98. The molecule has 0 spiro atoms. The van der Waals surface area contributed by atoms with E-state index < -0.39 is 0 Å². The fraction of sp³-hybridized carbons (Fsp3) is 0.174. The van der Waals surface area contributed by atoms with E-state index in [9.17, 15) is 0 Å². The van der Waals surface area contributed by atoms with E-state index in [1.54, 1.807) is 0 Å². The van der Waals surface area contributed by atoms with Crippen LogP contribution in [0.5, 0.6) is 5.75 Å². The summed E-state index contributed by atoms with van der Waals surface area (Å²) in [5, 5.41) is 9.42. The third-order valence-electron chi connectivity index (χ3n) is 4.77. The van der Waals surface area contributed by atoms with E-state index in [2.05, 4.69) is 33.4 Å². The Morgan fingerprint density at radius 3 is 2.14 bits per heavy atom. The zero-order valence-electron chi connectivity index (χ0n) is 15.5. The van der Waals surface area contributed by atoms with Gasteiger partial charge in [-0.25, -0.2) is 0 Å². The van der Waals surface area contributed by atoms with Gasteiger partial charge in [0.15, 0.2) is 0 Å². The molecular weight excluding hydrogens is 370 g/mol. The molecule has 4 aromatic rings. The molecule has 0 bridgehead atoms. The molecule has 0 atom stereocenters. The van der Waals surface area contributed by atoms with Gasteiger partial charge in [0, 0.05) is 11.6 Å². The van der Waals surface area contributed by atoms with Gasteiger partial charge < -0.3 is 13.9 Å². The minimum atomic E-state index is 0.511. The van der Waals surface area contributed by atoms with Crippen LogP contribution in [0.3, 0.4) is 0 Å². The van der Waals surface area contributed by atoms with Gasteiger partial charge in [0.05, 0.1) is 24.2 Å². The van der Waals surface area contributed by atoms with E-state index in [1.807, 2.05) is 54.6 Å². The van der Waals surface area contributed by atoms with Crippen LogP contribution in [0.4, 0.5) is 0 Å². The maximum Gasteiger partial charge on any atom is 0.203 e. The molecule has 0 aliphatic heterocycles. The number of imidazole rings is 1. The highest BCUT2D eigenvalue weighted by molar-refractivity contribution is 6.30. The highest BCUT2D eigenvalue weighted by Gasteiger charge is 2.10. The second-order valence-electron chi connectivity index (χ2n) is 6.69. The molecule has 1 heterocycles. The van der Waals surface area contributed by atoms with Gasteiger partial charge in [-0.2, -0.15) is 0 Å². The Balaban J connectivity index is 1.51. The van der Waals surface area contributed by atoms with E-state index in [-0.39, 0.29) is 0 Å². The van der Waals surface area contributed by atoms with Crippen molar-refractivity contribution in [1.29, 1.82) is 5.41 Å². The Kier molecular flexibility index (Phi) is 5.49. The number of nitrogens with zero attached hydrogens (tertiary/aromatic N) is 2. The minimum absolute atomic E-state index is 0.511. The first-order valence-corrected chi connectivity index (χ1v) is 9.75. The van der Waals surface area contributed by atoms with Crippen LogP contribution in [0.1, 0.15) is 12.0 Å². The fourth-order valence-corrected chi connectivity index (χ4v) is 3.52. The van der Waals surface area contributed by atoms with Crippen molar-refractivity contribution in [3.05, 3.63) is 95.1 Å². The number of benzene rings is 3. The van der Waals surface area contributed by atoms with Gasteiger partial charge >= 0.3 is 0 Å². The minimum Gasteiger partial charge on any atom is -0.494 e. The zero-order valence-corrected chi connectivity index (χ0v) is 16.3. The Labute approximate surface area is 169 Å². The lowest BCUT2D eigenvalue weighted by molar-refractivity contribution is 0.301. The van der Waals surface area contributed by atoms with Crippen LogP contribution in [0, 0.1) is 5.41 Å². The summed E-state index contributed by atoms with van der Waals surface area (Å²) in [6, 6.07) is 25.9. The second kappa shape index (κ2) is 8.36. The first-order chi connectivity index (χ1) is 13.7. The standard InChI is InChI=1S/C23H22ClN3O/c24-19-11-13-20(14-12-19)28-16-6-15-26-21-9-4-5-10-22(21)27(23(26)25)17-18-7-2-1-3-8-18/h1-5,7-14,25H,6,15-17H2. The van der Waals surface area contributed by atoms with E-state index >= 15 is 0 Å². The molecule has 0 fully saturated rings. The van der Waals surface area contributed by atoms with E-state index in [0.717, 1.165) is 29.7 Å². The molecule has 0 aliphatic rings. The predicted octanol–water partition coefficient (Wildman–Crippen LogP) is 5.09. The van der Waals surface area contributed by atoms with E-state index in [1.165, 1.54) is 5.56 Å². The Morgan fingerprint density at radius 2 is 1.43 bits per heavy atom. The molecule has 0 saturated heterocycles. The largest absolute Gasteiger partial charge is 0.494 e. The fourth-order valence-electron chi connectivity index (χ4n) is 3.39. The van der Waals surface area contributed by atoms with Crippen molar-refractivity contribution in [3.63, 3.8) is 0 Å². The second-order valence-corrected chi connectivity index (χ2v) is 7.13. The maximum atomic E-state index is 8.72. The van der Waals surface area contributed by atoms with Crippen molar-refractivity contribution in [2.75, 3.05) is 6.61 Å². The van der Waals surface area contributed by atoms with Gasteiger partial charge in [-0.1, -0.05) is 54.1 Å². The highest BCUT2D eigenvalue weighted by atomic mass is 35.5. The van der Waals surface area contributed by atoms with Crippen molar-refractivity contribution in [2.45, 2.75) is 19.5 Å². The van der Waals surface area contributed by atoms with Gasteiger partial charge in [0.2, 0.25) is 5.62 Å². The van der Waals surface area contributed by atoms with Crippen LogP contribution >= 0.6 is 11.6 Å². The maximum absolute atomic E-state index is 8.72. The Morgan fingerprint density at radius 1 is 0.786 bits per heavy atom. The summed E-state index contributed by atoms with van der Waals surface area (Å²) in [7, 11) is 0. The quantitative estimate of drug-likeness (QED) is 0.438. The van der Waals surface area contributed by atoms with Crippen molar-refractivity contribution in [1.82, 2.24) is 9.13 Å². The summed E-state index contributed by atoms with van der Waals surface area (Å²) in [4.78, 5) is 0. The molecule has 5 heteroatoms. The molecule has 28 heavy (non-hydrogen) atoms. The van der Waals surface area contributed by atoms with Crippen molar-refractivity contribution < 1.29 is 4.74 Å². The number of nitrogens with one attached hydrogen (secondary N) is 1. The molecule has 0 aliphatic carbocycles. The molecule has 1 aromatic heterocycles. The lowest BCUT2D eigenvalue weighted by atomic mass is 10.2. The van der Waals surface area contributed by atoms with Crippen LogP contribution < -0.4 is 10.4 Å². The van der Waals surface area contributed by atoms with Gasteiger partial charge in [-0.05, 0) is 48.4 Å². The SMILES string of the molecule is N=c1n(CCCOc2ccc(Cl)cc2)c2ccccc2n1Cc1ccccc1. The zero-order chi connectivity index (χ0) is 19.3. The summed E-state index contributed by atoms with van der Waals surface area (Å²) in [6.45, 7) is 2.01. The van der Waals surface area contributed by atoms with Gasteiger partial charge in [0.25, 0.3) is 0 Å². The third kappa shape index (κ3) is 3.97. The van der Waals surface area contributed by atoms with Crippen LogP contribution in [-0.4, -0.2) is 15.7 Å². The lowest BCUT2D eigenvalue weighted by Crippen LogP contribution is -2.25. The monoisotopic (exact) mass is 391 g/mol. The number of aromatic nitrogens is 2. The molecule has 0 saturated carbocycles. The number of hydrogen-bond donors (Lipinski definition) is 1. The Bertz CT molecular complexity index is 1110. The van der Waals surface area contributed by atoms with Crippen LogP contribution in [-0.2, 0) is 13.1 Å². The number of ether oxygens (including phenoxy) is 1. The molecule has 4 nitrogen and oxygen atoms in total. The molecule has 0 amide bonds. The van der Waals surface area contributed by atoms with Crippen molar-refractivity contribution in [2.24, 2.45) is 0 Å². The average molecular weight is 392 g/mol. The van der Waals surface area contributed by atoms with Crippen molar-refractivity contribution in [3.8, 4) is 5.75 Å². The van der Waals surface area contributed by atoms with Gasteiger partial charge in [-0.3, -0.25) is 5.41 Å². The van der Waals surface area contributed by atoms with Crippen LogP contribution in [0.25, 0.3) is 11.0 Å². The summed E-state index contributed by atoms with van der Waals surface area (Å²) in [6.07, 6.45) is 0.818. The third-order valence-corrected chi connectivity index (χ3v) is 5.02. The lowest BCUT2D eigenvalue weighted by Gasteiger charge is -2.08. The topological polar surface area (TPSA) is 42.9 Å². The van der Waals surface area contributed by atoms with Crippen LogP contribution in [0.15, 0.2) is 78.9 Å². The molecule has 3 aromatic carbocycles. The van der Waals surface area contributed by atoms with E-state index in [4.69, 9.17) is 21.7 Å². The number of aryl methyl sites for hydroxylation is 1. The first kappa shape index (κ1) is 18.4.